The van der Waals surface area contributed by atoms with Gasteiger partial charge in [-0.25, -0.2) is 14.6 Å². The zero-order chi connectivity index (χ0) is 22.9. The van der Waals surface area contributed by atoms with Crippen molar-refractivity contribution in [3.63, 3.8) is 0 Å². The van der Waals surface area contributed by atoms with E-state index in [1.165, 1.54) is 4.90 Å². The molecule has 0 saturated carbocycles. The number of hydrogen-bond acceptors (Lipinski definition) is 4. The van der Waals surface area contributed by atoms with E-state index in [2.05, 4.69) is 23.8 Å². The second-order valence-electron chi connectivity index (χ2n) is 8.54. The molecule has 2 heterocycles. The summed E-state index contributed by atoms with van der Waals surface area (Å²) in [6, 6.07) is 7.46. The molecule has 0 unspecified atom stereocenters. The molecule has 7 nitrogen and oxygen atoms in total. The Morgan fingerprint density at radius 2 is 1.84 bits per heavy atom. The van der Waals surface area contributed by atoms with Gasteiger partial charge in [0, 0.05) is 30.5 Å². The van der Waals surface area contributed by atoms with Crippen LogP contribution in [0.25, 0.3) is 22.3 Å². The summed E-state index contributed by atoms with van der Waals surface area (Å²) in [6.45, 7) is 9.59. The highest BCUT2D eigenvalue weighted by molar-refractivity contribution is 6.34. The zero-order valence-corrected chi connectivity index (χ0v) is 19.6. The number of carbonyl (C=O) groups is 1. The summed E-state index contributed by atoms with van der Waals surface area (Å²) in [6.07, 6.45) is 2.74. The van der Waals surface area contributed by atoms with Crippen LogP contribution >= 0.6 is 11.6 Å². The molecule has 1 amide bonds. The Morgan fingerprint density at radius 3 is 2.39 bits per heavy atom. The van der Waals surface area contributed by atoms with Crippen LogP contribution in [0.3, 0.4) is 0 Å². The van der Waals surface area contributed by atoms with Gasteiger partial charge in [0.2, 0.25) is 0 Å². The number of rotatable bonds is 5. The molecule has 0 radical (unpaired) electrons. The van der Waals surface area contributed by atoms with Crippen LogP contribution in [0.4, 0.5) is 10.5 Å². The predicted molar refractivity (Wildman–Crippen MR) is 125 cm³/mol. The minimum absolute atomic E-state index is 0.0397. The molecule has 1 aromatic carbocycles. The Bertz CT molecular complexity index is 1140. The number of aromatic amines is 1. The standard InChI is InChI=1S/C23H29ClN4O3/c1-7-15(8-2)28-19-18(17(24)13-25-20(19)26-21(28)29)14-9-11-16(12-10-14)27(6)22(30)31-23(3,4)5/h9-13,15H,7-8H2,1-6H3,(H,25,26,29). The summed E-state index contributed by atoms with van der Waals surface area (Å²) in [5, 5.41) is 0.458. The number of benzene rings is 1. The highest BCUT2D eigenvalue weighted by Crippen LogP contribution is 2.36. The van der Waals surface area contributed by atoms with Gasteiger partial charge >= 0.3 is 11.8 Å². The van der Waals surface area contributed by atoms with Gasteiger partial charge in [0.1, 0.15) is 5.60 Å². The molecular formula is C23H29ClN4O3. The Hall–Kier alpha value is -2.80. The molecule has 2 aromatic heterocycles. The van der Waals surface area contributed by atoms with Crippen molar-refractivity contribution in [3.8, 4) is 11.1 Å². The first kappa shape index (κ1) is 22.9. The lowest BCUT2D eigenvalue weighted by Gasteiger charge is -2.24. The molecule has 0 aliphatic heterocycles. The van der Waals surface area contributed by atoms with E-state index >= 15 is 0 Å². The zero-order valence-electron chi connectivity index (χ0n) is 18.8. The Morgan fingerprint density at radius 1 is 1.23 bits per heavy atom. The molecule has 0 spiro atoms. The number of H-pyrrole nitrogens is 1. The second kappa shape index (κ2) is 8.75. The summed E-state index contributed by atoms with van der Waals surface area (Å²) in [5.74, 6) is 0. The smallest absolute Gasteiger partial charge is 0.414 e. The Labute approximate surface area is 187 Å². The SMILES string of the molecule is CCC(CC)n1c(=O)[nH]c2ncc(Cl)c(-c3ccc(N(C)C(=O)OC(C)(C)C)cc3)c21. The molecule has 0 atom stereocenters. The number of carbonyl (C=O) groups excluding carboxylic acids is 1. The first-order valence-corrected chi connectivity index (χ1v) is 10.8. The number of fused-ring (bicyclic) bond motifs is 1. The van der Waals surface area contributed by atoms with Crippen molar-refractivity contribution in [1.29, 1.82) is 0 Å². The molecule has 166 valence electrons. The monoisotopic (exact) mass is 444 g/mol. The van der Waals surface area contributed by atoms with Crippen molar-refractivity contribution in [2.24, 2.45) is 0 Å². The number of amides is 1. The van der Waals surface area contributed by atoms with Crippen LogP contribution in [0.15, 0.2) is 35.3 Å². The van der Waals surface area contributed by atoms with Gasteiger partial charge in [-0.1, -0.05) is 37.6 Å². The van der Waals surface area contributed by atoms with Crippen molar-refractivity contribution in [1.82, 2.24) is 14.5 Å². The quantitative estimate of drug-likeness (QED) is 0.541. The summed E-state index contributed by atoms with van der Waals surface area (Å²) < 4.78 is 7.18. The third kappa shape index (κ3) is 4.61. The van der Waals surface area contributed by atoms with E-state index in [9.17, 15) is 9.59 Å². The number of anilines is 1. The molecule has 0 bridgehead atoms. The summed E-state index contributed by atoms with van der Waals surface area (Å²) in [4.78, 5) is 33.7. The molecule has 8 heteroatoms. The van der Waals surface area contributed by atoms with Crippen LogP contribution in [0.5, 0.6) is 0 Å². The maximum Gasteiger partial charge on any atom is 0.414 e. The largest absolute Gasteiger partial charge is 0.443 e. The fourth-order valence-electron chi connectivity index (χ4n) is 3.63. The topological polar surface area (TPSA) is 80.2 Å². The van der Waals surface area contributed by atoms with E-state index in [-0.39, 0.29) is 11.7 Å². The second-order valence-corrected chi connectivity index (χ2v) is 8.94. The van der Waals surface area contributed by atoms with Crippen molar-refractivity contribution in [3.05, 3.63) is 46.0 Å². The van der Waals surface area contributed by atoms with Crippen LogP contribution in [-0.2, 0) is 4.74 Å². The summed E-state index contributed by atoms with van der Waals surface area (Å²) >= 11 is 6.56. The number of ether oxygens (including phenoxy) is 1. The molecule has 3 rings (SSSR count). The van der Waals surface area contributed by atoms with E-state index in [0.29, 0.717) is 21.9 Å². The lowest BCUT2D eigenvalue weighted by Crippen LogP contribution is -2.34. The van der Waals surface area contributed by atoms with E-state index in [1.807, 2.05) is 45.0 Å². The van der Waals surface area contributed by atoms with Gasteiger partial charge in [0.05, 0.1) is 10.5 Å². The van der Waals surface area contributed by atoms with Crippen molar-refractivity contribution in [2.45, 2.75) is 59.1 Å². The molecule has 1 N–H and O–H groups in total. The Kier molecular flexibility index (Phi) is 6.46. The van der Waals surface area contributed by atoms with Crippen molar-refractivity contribution >= 4 is 34.5 Å². The van der Waals surface area contributed by atoms with Gasteiger partial charge in [-0.2, -0.15) is 0 Å². The van der Waals surface area contributed by atoms with Gasteiger partial charge in [0.25, 0.3) is 0 Å². The van der Waals surface area contributed by atoms with E-state index in [4.69, 9.17) is 16.3 Å². The van der Waals surface area contributed by atoms with E-state index in [0.717, 1.165) is 24.0 Å². The first-order chi connectivity index (χ1) is 14.6. The Balaban J connectivity index is 2.07. The fourth-order valence-corrected chi connectivity index (χ4v) is 3.88. The third-order valence-corrected chi connectivity index (χ3v) is 5.50. The highest BCUT2D eigenvalue weighted by atomic mass is 35.5. The highest BCUT2D eigenvalue weighted by Gasteiger charge is 2.23. The van der Waals surface area contributed by atoms with Crippen LogP contribution < -0.4 is 10.6 Å². The number of aromatic nitrogens is 3. The average molecular weight is 445 g/mol. The van der Waals surface area contributed by atoms with Crippen LogP contribution in [0, 0.1) is 0 Å². The fraction of sp³-hybridized carbons (Fsp3) is 0.435. The lowest BCUT2D eigenvalue weighted by molar-refractivity contribution is 0.0589. The third-order valence-electron chi connectivity index (χ3n) is 5.21. The molecule has 3 aromatic rings. The number of halogens is 1. The van der Waals surface area contributed by atoms with Crippen LogP contribution in [0.1, 0.15) is 53.5 Å². The predicted octanol–water partition coefficient (Wildman–Crippen LogP) is 5.78. The summed E-state index contributed by atoms with van der Waals surface area (Å²) in [5.41, 5.74) is 2.69. The van der Waals surface area contributed by atoms with Crippen LogP contribution in [-0.4, -0.2) is 33.3 Å². The van der Waals surface area contributed by atoms with Gasteiger partial charge in [-0.3, -0.25) is 14.5 Å². The van der Waals surface area contributed by atoms with Crippen molar-refractivity contribution < 1.29 is 9.53 Å². The van der Waals surface area contributed by atoms with Gasteiger partial charge in [-0.15, -0.1) is 0 Å². The molecule has 31 heavy (non-hydrogen) atoms. The lowest BCUT2D eigenvalue weighted by atomic mass is 10.0. The number of nitrogens with zero attached hydrogens (tertiary/aromatic N) is 3. The number of hydrogen-bond donors (Lipinski definition) is 1. The molecule has 0 aliphatic carbocycles. The van der Waals surface area contributed by atoms with E-state index < -0.39 is 11.7 Å². The molecule has 0 fully saturated rings. The number of nitrogens with one attached hydrogen (secondary N) is 1. The van der Waals surface area contributed by atoms with E-state index in [1.54, 1.807) is 17.8 Å². The minimum atomic E-state index is -0.575. The number of pyridine rings is 1. The average Bonchev–Trinajstić information content (AvgIpc) is 3.03. The van der Waals surface area contributed by atoms with Gasteiger partial charge < -0.3 is 4.74 Å². The summed E-state index contributed by atoms with van der Waals surface area (Å²) in [7, 11) is 1.66. The first-order valence-electron chi connectivity index (χ1n) is 10.4. The normalized spacial score (nSPS) is 11.9. The maximum absolute atomic E-state index is 12.7. The number of imidazole rings is 1. The molecule has 0 aliphatic rings. The molecular weight excluding hydrogens is 416 g/mol. The van der Waals surface area contributed by atoms with Gasteiger partial charge in [-0.05, 0) is 51.3 Å². The van der Waals surface area contributed by atoms with Gasteiger partial charge in [0.15, 0.2) is 5.65 Å². The van der Waals surface area contributed by atoms with Crippen molar-refractivity contribution in [2.75, 3.05) is 11.9 Å². The minimum Gasteiger partial charge on any atom is -0.443 e. The molecule has 0 saturated heterocycles. The maximum atomic E-state index is 12.7. The van der Waals surface area contributed by atoms with Crippen LogP contribution in [0.2, 0.25) is 5.02 Å².